The molecule has 0 radical (unpaired) electrons. The molecule has 2 N–H and O–H groups in total. The first-order valence-electron chi connectivity index (χ1n) is 5.99. The Morgan fingerprint density at radius 2 is 1.76 bits per heavy atom. The number of aliphatic hydroxyl groups is 1. The molecular weight excluding hydrogens is 210 g/mol. The Bertz CT molecular complexity index is 505. The van der Waals surface area contributed by atoms with E-state index in [2.05, 4.69) is 61.6 Å². The standard InChI is InChI=1S/C15H19NO/c1-15(2,16-9-10-17)14-8-7-12-5-3-4-6-13(12)11-14/h3-8,11,16-17H,9-10H2,1-2H3. The van der Waals surface area contributed by atoms with Crippen molar-refractivity contribution in [2.75, 3.05) is 13.2 Å². The van der Waals surface area contributed by atoms with Gasteiger partial charge in [-0.1, -0.05) is 36.4 Å². The molecule has 2 nitrogen and oxygen atoms in total. The van der Waals surface area contributed by atoms with Crippen molar-refractivity contribution in [2.45, 2.75) is 19.4 Å². The van der Waals surface area contributed by atoms with Crippen LogP contribution in [0.2, 0.25) is 0 Å². The summed E-state index contributed by atoms with van der Waals surface area (Å²) in [4.78, 5) is 0. The smallest absolute Gasteiger partial charge is 0.0556 e. The summed E-state index contributed by atoms with van der Waals surface area (Å²) in [6, 6.07) is 14.9. The van der Waals surface area contributed by atoms with Gasteiger partial charge in [-0.3, -0.25) is 0 Å². The van der Waals surface area contributed by atoms with Gasteiger partial charge in [0.15, 0.2) is 0 Å². The molecule has 2 rings (SSSR count). The predicted octanol–water partition coefficient (Wildman–Crippen LogP) is 2.66. The van der Waals surface area contributed by atoms with E-state index in [-0.39, 0.29) is 12.1 Å². The van der Waals surface area contributed by atoms with Gasteiger partial charge in [0.1, 0.15) is 0 Å². The van der Waals surface area contributed by atoms with Crippen LogP contribution in [0.4, 0.5) is 0 Å². The fourth-order valence-corrected chi connectivity index (χ4v) is 2.05. The lowest BCUT2D eigenvalue weighted by molar-refractivity contribution is 0.267. The van der Waals surface area contributed by atoms with Crippen LogP contribution in [0.1, 0.15) is 19.4 Å². The Kier molecular flexibility index (Phi) is 3.46. The Morgan fingerprint density at radius 1 is 1.06 bits per heavy atom. The highest BCUT2D eigenvalue weighted by Gasteiger charge is 2.19. The molecule has 0 aromatic heterocycles. The molecule has 0 heterocycles. The minimum atomic E-state index is -0.118. The molecule has 0 unspecified atom stereocenters. The number of nitrogens with one attached hydrogen (secondary N) is 1. The lowest BCUT2D eigenvalue weighted by Gasteiger charge is -2.27. The van der Waals surface area contributed by atoms with Gasteiger partial charge in [-0.2, -0.15) is 0 Å². The molecule has 2 aromatic carbocycles. The van der Waals surface area contributed by atoms with E-state index < -0.39 is 0 Å². The summed E-state index contributed by atoms with van der Waals surface area (Å²) in [5, 5.41) is 14.7. The van der Waals surface area contributed by atoms with Crippen LogP contribution >= 0.6 is 0 Å². The first-order valence-corrected chi connectivity index (χ1v) is 5.99. The molecule has 17 heavy (non-hydrogen) atoms. The normalized spacial score (nSPS) is 11.9. The van der Waals surface area contributed by atoms with Crippen molar-refractivity contribution in [2.24, 2.45) is 0 Å². The number of benzene rings is 2. The van der Waals surface area contributed by atoms with Crippen molar-refractivity contribution in [1.82, 2.24) is 5.32 Å². The zero-order valence-electron chi connectivity index (χ0n) is 10.4. The Balaban J connectivity index is 2.35. The van der Waals surface area contributed by atoms with Gasteiger partial charge >= 0.3 is 0 Å². The topological polar surface area (TPSA) is 32.3 Å². The second kappa shape index (κ2) is 4.86. The van der Waals surface area contributed by atoms with Crippen LogP contribution in [0, 0.1) is 0 Å². The second-order valence-electron chi connectivity index (χ2n) is 4.84. The van der Waals surface area contributed by atoms with E-state index in [0.29, 0.717) is 6.54 Å². The zero-order chi connectivity index (χ0) is 12.3. The molecule has 0 saturated carbocycles. The van der Waals surface area contributed by atoms with E-state index in [4.69, 9.17) is 5.11 Å². The van der Waals surface area contributed by atoms with E-state index in [1.54, 1.807) is 0 Å². The van der Waals surface area contributed by atoms with E-state index in [1.165, 1.54) is 16.3 Å². The fraction of sp³-hybridized carbons (Fsp3) is 0.333. The lowest BCUT2D eigenvalue weighted by atomic mass is 9.92. The molecule has 0 atom stereocenters. The number of aliphatic hydroxyl groups excluding tert-OH is 1. The average Bonchev–Trinajstić information content (AvgIpc) is 2.36. The van der Waals surface area contributed by atoms with Crippen molar-refractivity contribution < 1.29 is 5.11 Å². The molecule has 90 valence electrons. The molecule has 0 aliphatic carbocycles. The summed E-state index contributed by atoms with van der Waals surface area (Å²) in [6.45, 7) is 5.04. The van der Waals surface area contributed by atoms with Gasteiger partial charge in [-0.25, -0.2) is 0 Å². The van der Waals surface area contributed by atoms with Gasteiger partial charge in [0, 0.05) is 12.1 Å². The van der Waals surface area contributed by atoms with Gasteiger partial charge < -0.3 is 10.4 Å². The predicted molar refractivity (Wildman–Crippen MR) is 72.1 cm³/mol. The van der Waals surface area contributed by atoms with Gasteiger partial charge in [0.05, 0.1) is 6.61 Å². The Labute approximate surface area is 102 Å². The third-order valence-corrected chi connectivity index (χ3v) is 3.15. The molecular formula is C15H19NO. The minimum Gasteiger partial charge on any atom is -0.395 e. The molecule has 0 aliphatic rings. The lowest BCUT2D eigenvalue weighted by Crippen LogP contribution is -2.38. The van der Waals surface area contributed by atoms with Gasteiger partial charge in [0.2, 0.25) is 0 Å². The number of rotatable bonds is 4. The van der Waals surface area contributed by atoms with Gasteiger partial charge in [-0.15, -0.1) is 0 Å². The molecule has 0 bridgehead atoms. The van der Waals surface area contributed by atoms with Crippen LogP contribution in [0.15, 0.2) is 42.5 Å². The largest absolute Gasteiger partial charge is 0.395 e. The maximum Gasteiger partial charge on any atom is 0.0556 e. The van der Waals surface area contributed by atoms with Crippen LogP contribution in [0.5, 0.6) is 0 Å². The molecule has 2 heteroatoms. The summed E-state index contributed by atoms with van der Waals surface area (Å²) >= 11 is 0. The highest BCUT2D eigenvalue weighted by Crippen LogP contribution is 2.24. The molecule has 0 spiro atoms. The zero-order valence-corrected chi connectivity index (χ0v) is 10.4. The quantitative estimate of drug-likeness (QED) is 0.844. The fourth-order valence-electron chi connectivity index (χ4n) is 2.05. The summed E-state index contributed by atoms with van der Waals surface area (Å²) in [7, 11) is 0. The molecule has 0 saturated heterocycles. The highest BCUT2D eigenvalue weighted by molar-refractivity contribution is 5.83. The third kappa shape index (κ3) is 2.65. The van der Waals surface area contributed by atoms with E-state index in [1.807, 2.05) is 0 Å². The van der Waals surface area contributed by atoms with Gasteiger partial charge in [-0.05, 0) is 36.2 Å². The maximum atomic E-state index is 8.89. The van der Waals surface area contributed by atoms with Crippen LogP contribution in [-0.2, 0) is 5.54 Å². The van der Waals surface area contributed by atoms with Crippen molar-refractivity contribution in [3.63, 3.8) is 0 Å². The van der Waals surface area contributed by atoms with E-state index >= 15 is 0 Å². The maximum absolute atomic E-state index is 8.89. The Morgan fingerprint density at radius 3 is 2.47 bits per heavy atom. The Hall–Kier alpha value is -1.38. The van der Waals surface area contributed by atoms with Crippen molar-refractivity contribution >= 4 is 10.8 Å². The SMILES string of the molecule is CC(C)(NCCO)c1ccc2ccccc2c1. The monoisotopic (exact) mass is 229 g/mol. The molecule has 2 aromatic rings. The van der Waals surface area contributed by atoms with E-state index in [0.717, 1.165) is 0 Å². The highest BCUT2D eigenvalue weighted by atomic mass is 16.3. The summed E-state index contributed by atoms with van der Waals surface area (Å²) in [6.07, 6.45) is 0. The molecule has 0 amide bonds. The molecule has 0 fully saturated rings. The van der Waals surface area contributed by atoms with E-state index in [9.17, 15) is 0 Å². The first kappa shape index (κ1) is 12.1. The number of hydrogen-bond donors (Lipinski definition) is 2. The summed E-state index contributed by atoms with van der Waals surface area (Å²) in [5.74, 6) is 0. The van der Waals surface area contributed by atoms with Crippen LogP contribution in [0.3, 0.4) is 0 Å². The number of hydrogen-bond acceptors (Lipinski definition) is 2. The molecule has 0 aliphatic heterocycles. The van der Waals surface area contributed by atoms with Crippen molar-refractivity contribution in [3.8, 4) is 0 Å². The van der Waals surface area contributed by atoms with Crippen LogP contribution in [-0.4, -0.2) is 18.3 Å². The third-order valence-electron chi connectivity index (χ3n) is 3.15. The van der Waals surface area contributed by atoms with Crippen LogP contribution in [0.25, 0.3) is 10.8 Å². The second-order valence-corrected chi connectivity index (χ2v) is 4.84. The van der Waals surface area contributed by atoms with Crippen molar-refractivity contribution in [1.29, 1.82) is 0 Å². The summed E-state index contributed by atoms with van der Waals surface area (Å²) in [5.41, 5.74) is 1.12. The average molecular weight is 229 g/mol. The summed E-state index contributed by atoms with van der Waals surface area (Å²) < 4.78 is 0. The number of fused-ring (bicyclic) bond motifs is 1. The van der Waals surface area contributed by atoms with Crippen molar-refractivity contribution in [3.05, 3.63) is 48.0 Å². The minimum absolute atomic E-state index is 0.118. The first-order chi connectivity index (χ1) is 8.13. The van der Waals surface area contributed by atoms with Crippen LogP contribution < -0.4 is 5.32 Å². The van der Waals surface area contributed by atoms with Gasteiger partial charge in [0.25, 0.3) is 0 Å².